The molecule has 0 aliphatic carbocycles. The molecule has 0 saturated heterocycles. The lowest BCUT2D eigenvalue weighted by molar-refractivity contribution is -0.104. The molecule has 0 bridgehead atoms. The van der Waals surface area contributed by atoms with Crippen LogP contribution in [0.25, 0.3) is 6.08 Å². The molecular formula is C12H10O2. The highest BCUT2D eigenvalue weighted by atomic mass is 16.2. The van der Waals surface area contributed by atoms with E-state index in [9.17, 15) is 4.79 Å². The molecule has 0 aliphatic heterocycles. The zero-order valence-electron chi connectivity index (χ0n) is 7.60. The fourth-order valence-corrected chi connectivity index (χ4v) is 0.970. The number of aliphatic hydroxyl groups is 1. The monoisotopic (exact) mass is 186 g/mol. The first-order chi connectivity index (χ1) is 6.86. The Hall–Kier alpha value is -1.85. The van der Waals surface area contributed by atoms with E-state index in [0.29, 0.717) is 11.9 Å². The van der Waals surface area contributed by atoms with Gasteiger partial charge in [0.05, 0.1) is 5.57 Å². The van der Waals surface area contributed by atoms with E-state index in [-0.39, 0.29) is 6.61 Å². The molecule has 0 heterocycles. The Morgan fingerprint density at radius 3 is 2.64 bits per heavy atom. The Kier molecular flexibility index (Phi) is 4.19. The third-order valence-electron chi connectivity index (χ3n) is 1.56. The minimum atomic E-state index is -0.236. The third kappa shape index (κ3) is 3.26. The van der Waals surface area contributed by atoms with E-state index in [1.165, 1.54) is 0 Å². The van der Waals surface area contributed by atoms with Crippen LogP contribution >= 0.6 is 0 Å². The topological polar surface area (TPSA) is 37.3 Å². The lowest BCUT2D eigenvalue weighted by Gasteiger charge is -1.91. The van der Waals surface area contributed by atoms with Crippen LogP contribution in [-0.2, 0) is 4.79 Å². The average molecular weight is 186 g/mol. The van der Waals surface area contributed by atoms with E-state index in [2.05, 4.69) is 11.8 Å². The number of benzene rings is 1. The quantitative estimate of drug-likeness (QED) is 0.429. The van der Waals surface area contributed by atoms with Crippen molar-refractivity contribution in [2.45, 2.75) is 0 Å². The van der Waals surface area contributed by atoms with Crippen molar-refractivity contribution in [1.82, 2.24) is 0 Å². The normalized spacial score (nSPS) is 10.2. The zero-order chi connectivity index (χ0) is 10.2. The van der Waals surface area contributed by atoms with Gasteiger partial charge in [-0.2, -0.15) is 0 Å². The summed E-state index contributed by atoms with van der Waals surface area (Å²) in [5.74, 6) is 4.99. The molecule has 0 aromatic heterocycles. The van der Waals surface area contributed by atoms with Crippen LogP contribution in [0.5, 0.6) is 0 Å². The first-order valence-electron chi connectivity index (χ1n) is 4.18. The summed E-state index contributed by atoms with van der Waals surface area (Å²) in [6, 6.07) is 9.42. The summed E-state index contributed by atoms with van der Waals surface area (Å²) in [4.78, 5) is 10.6. The predicted octanol–water partition coefficient (Wildman–Crippen LogP) is 1.26. The Bertz CT molecular complexity index is 380. The summed E-state index contributed by atoms with van der Waals surface area (Å²) in [6.07, 6.45) is 2.35. The van der Waals surface area contributed by atoms with Crippen molar-refractivity contribution in [3.05, 3.63) is 41.5 Å². The summed E-state index contributed by atoms with van der Waals surface area (Å²) in [5, 5.41) is 8.46. The van der Waals surface area contributed by atoms with Gasteiger partial charge in [-0.15, -0.1) is 0 Å². The molecule has 0 aliphatic rings. The Morgan fingerprint density at radius 2 is 2.07 bits per heavy atom. The van der Waals surface area contributed by atoms with Crippen molar-refractivity contribution < 1.29 is 9.90 Å². The van der Waals surface area contributed by atoms with Crippen LogP contribution in [0.15, 0.2) is 35.9 Å². The van der Waals surface area contributed by atoms with Gasteiger partial charge < -0.3 is 5.11 Å². The van der Waals surface area contributed by atoms with Crippen molar-refractivity contribution in [2.24, 2.45) is 0 Å². The van der Waals surface area contributed by atoms with Crippen LogP contribution in [0.3, 0.4) is 0 Å². The molecule has 0 radical (unpaired) electrons. The summed E-state index contributed by atoms with van der Waals surface area (Å²) >= 11 is 0. The van der Waals surface area contributed by atoms with E-state index in [1.807, 2.05) is 30.3 Å². The lowest BCUT2D eigenvalue weighted by Crippen LogP contribution is -1.82. The molecule has 0 saturated carbocycles. The lowest BCUT2D eigenvalue weighted by atomic mass is 10.1. The van der Waals surface area contributed by atoms with E-state index < -0.39 is 0 Å². The van der Waals surface area contributed by atoms with Gasteiger partial charge in [-0.3, -0.25) is 4.79 Å². The summed E-state index contributed by atoms with van der Waals surface area (Å²) in [5.41, 5.74) is 1.28. The van der Waals surface area contributed by atoms with Crippen molar-refractivity contribution in [2.75, 3.05) is 6.61 Å². The van der Waals surface area contributed by atoms with Crippen LogP contribution in [0, 0.1) is 11.8 Å². The number of rotatable bonds is 2. The number of hydrogen-bond acceptors (Lipinski definition) is 2. The Morgan fingerprint density at radius 1 is 1.36 bits per heavy atom. The minimum absolute atomic E-state index is 0.236. The number of aliphatic hydroxyl groups excluding tert-OH is 1. The second-order valence-corrected chi connectivity index (χ2v) is 2.59. The van der Waals surface area contributed by atoms with Crippen LogP contribution in [0.4, 0.5) is 0 Å². The van der Waals surface area contributed by atoms with Gasteiger partial charge in [-0.1, -0.05) is 42.2 Å². The van der Waals surface area contributed by atoms with Gasteiger partial charge in [0.15, 0.2) is 6.29 Å². The number of carbonyl (C=O) groups excluding carboxylic acids is 1. The molecule has 0 fully saturated rings. The summed E-state index contributed by atoms with van der Waals surface area (Å²) in [6.45, 7) is -0.236. The fraction of sp³-hybridized carbons (Fsp3) is 0.0833. The average Bonchev–Trinajstić information content (AvgIpc) is 2.25. The maximum atomic E-state index is 10.6. The van der Waals surface area contributed by atoms with Crippen molar-refractivity contribution in [3.8, 4) is 11.8 Å². The number of carbonyl (C=O) groups is 1. The van der Waals surface area contributed by atoms with Gasteiger partial charge in [-0.25, -0.2) is 0 Å². The molecule has 2 heteroatoms. The van der Waals surface area contributed by atoms with Gasteiger partial charge in [0.1, 0.15) is 6.61 Å². The number of aldehydes is 1. The Balaban J connectivity index is 2.90. The van der Waals surface area contributed by atoms with Crippen molar-refractivity contribution in [1.29, 1.82) is 0 Å². The van der Waals surface area contributed by atoms with Gasteiger partial charge in [0.2, 0.25) is 0 Å². The van der Waals surface area contributed by atoms with E-state index >= 15 is 0 Å². The molecule has 1 aromatic rings. The molecule has 0 amide bonds. The molecule has 1 rings (SSSR count). The maximum Gasteiger partial charge on any atom is 0.158 e. The van der Waals surface area contributed by atoms with E-state index in [0.717, 1.165) is 5.56 Å². The largest absolute Gasteiger partial charge is 0.384 e. The standard InChI is InChI=1S/C12H10O2/c13-8-4-7-12(10-14)9-11-5-2-1-3-6-11/h1-3,5-6,9-10,13H,8H2/b12-9+. The van der Waals surface area contributed by atoms with Gasteiger partial charge in [-0.05, 0) is 11.6 Å². The molecule has 1 N–H and O–H groups in total. The van der Waals surface area contributed by atoms with Crippen molar-refractivity contribution >= 4 is 12.4 Å². The highest BCUT2D eigenvalue weighted by Gasteiger charge is 1.90. The first kappa shape index (κ1) is 10.2. The molecule has 70 valence electrons. The third-order valence-corrected chi connectivity index (χ3v) is 1.56. The van der Waals surface area contributed by atoms with Gasteiger partial charge in [0, 0.05) is 0 Å². The zero-order valence-corrected chi connectivity index (χ0v) is 7.60. The molecule has 1 aromatic carbocycles. The number of allylic oxidation sites excluding steroid dienone is 1. The molecule has 0 atom stereocenters. The van der Waals surface area contributed by atoms with E-state index in [4.69, 9.17) is 5.11 Å². The first-order valence-corrected chi connectivity index (χ1v) is 4.18. The predicted molar refractivity (Wildman–Crippen MR) is 55.3 cm³/mol. The van der Waals surface area contributed by atoms with Gasteiger partial charge in [0.25, 0.3) is 0 Å². The number of hydrogen-bond donors (Lipinski definition) is 1. The van der Waals surface area contributed by atoms with E-state index in [1.54, 1.807) is 6.08 Å². The molecule has 0 spiro atoms. The second kappa shape index (κ2) is 5.74. The van der Waals surface area contributed by atoms with Crippen LogP contribution in [0.2, 0.25) is 0 Å². The molecular weight excluding hydrogens is 176 g/mol. The summed E-state index contributed by atoms with van der Waals surface area (Å²) < 4.78 is 0. The van der Waals surface area contributed by atoms with Crippen LogP contribution in [0.1, 0.15) is 5.56 Å². The smallest absolute Gasteiger partial charge is 0.158 e. The minimum Gasteiger partial charge on any atom is -0.384 e. The van der Waals surface area contributed by atoms with Crippen LogP contribution in [-0.4, -0.2) is 18.0 Å². The summed E-state index contributed by atoms with van der Waals surface area (Å²) in [7, 11) is 0. The SMILES string of the molecule is O=C/C(C#CCO)=C/c1ccccc1. The fourth-order valence-electron chi connectivity index (χ4n) is 0.970. The maximum absolute atomic E-state index is 10.6. The highest BCUT2D eigenvalue weighted by molar-refractivity contribution is 5.87. The second-order valence-electron chi connectivity index (χ2n) is 2.59. The molecule has 2 nitrogen and oxygen atoms in total. The molecule has 0 unspecified atom stereocenters. The Labute approximate surface area is 82.9 Å². The van der Waals surface area contributed by atoms with Crippen LogP contribution < -0.4 is 0 Å². The van der Waals surface area contributed by atoms with Crippen molar-refractivity contribution in [3.63, 3.8) is 0 Å². The highest BCUT2D eigenvalue weighted by Crippen LogP contribution is 2.03. The molecule has 14 heavy (non-hydrogen) atoms. The van der Waals surface area contributed by atoms with Gasteiger partial charge >= 0.3 is 0 Å².